The maximum Gasteiger partial charge on any atom is 0.194 e. The highest BCUT2D eigenvalue weighted by atomic mass is 127. The molecule has 5 heteroatoms. The molecular formula is C18H25IN4. The molecule has 23 heavy (non-hydrogen) atoms. The minimum absolute atomic E-state index is 0. The predicted octanol–water partition coefficient (Wildman–Crippen LogP) is 3.52. The zero-order valence-electron chi connectivity index (χ0n) is 14.2. The molecule has 0 saturated heterocycles. The predicted molar refractivity (Wildman–Crippen MR) is 107 cm³/mol. The van der Waals surface area contributed by atoms with E-state index >= 15 is 0 Å². The maximum absolute atomic E-state index is 4.40. The van der Waals surface area contributed by atoms with Gasteiger partial charge in [-0.3, -0.25) is 9.98 Å². The molecule has 0 amide bonds. The number of halogens is 1. The fourth-order valence-corrected chi connectivity index (χ4v) is 2.29. The molecule has 0 unspecified atom stereocenters. The minimum atomic E-state index is 0. The van der Waals surface area contributed by atoms with Crippen molar-refractivity contribution in [3.05, 3.63) is 65.0 Å². The van der Waals surface area contributed by atoms with Gasteiger partial charge in [0.15, 0.2) is 5.96 Å². The highest BCUT2D eigenvalue weighted by Gasteiger charge is 2.07. The Hall–Kier alpha value is -1.63. The van der Waals surface area contributed by atoms with Crippen LogP contribution in [0.4, 0.5) is 0 Å². The van der Waals surface area contributed by atoms with Crippen molar-refractivity contribution in [3.63, 3.8) is 0 Å². The number of rotatable bonds is 4. The van der Waals surface area contributed by atoms with Crippen molar-refractivity contribution >= 4 is 29.9 Å². The van der Waals surface area contributed by atoms with Crippen LogP contribution in [0.3, 0.4) is 0 Å². The van der Waals surface area contributed by atoms with E-state index in [-0.39, 0.29) is 24.0 Å². The SMILES string of the molecule is CN=C(NCc1ncccc1C)N(C)Cc1ccc(C)cc1.I. The van der Waals surface area contributed by atoms with Gasteiger partial charge in [0.25, 0.3) is 0 Å². The third-order valence-corrected chi connectivity index (χ3v) is 3.65. The maximum atomic E-state index is 4.40. The van der Waals surface area contributed by atoms with Crippen LogP contribution in [0.25, 0.3) is 0 Å². The summed E-state index contributed by atoms with van der Waals surface area (Å²) in [6.45, 7) is 5.67. The number of hydrogen-bond donors (Lipinski definition) is 1. The fourth-order valence-electron chi connectivity index (χ4n) is 2.29. The van der Waals surface area contributed by atoms with E-state index in [4.69, 9.17) is 0 Å². The first kappa shape index (κ1) is 19.4. The van der Waals surface area contributed by atoms with Crippen LogP contribution >= 0.6 is 24.0 Å². The molecule has 4 nitrogen and oxygen atoms in total. The number of hydrogen-bond acceptors (Lipinski definition) is 2. The second-order valence-corrected chi connectivity index (χ2v) is 5.51. The van der Waals surface area contributed by atoms with Crippen molar-refractivity contribution < 1.29 is 0 Å². The summed E-state index contributed by atoms with van der Waals surface area (Å²) in [4.78, 5) is 10.9. The van der Waals surface area contributed by atoms with Gasteiger partial charge in [-0.05, 0) is 31.0 Å². The molecule has 2 rings (SSSR count). The molecule has 0 saturated carbocycles. The second kappa shape index (κ2) is 9.50. The van der Waals surface area contributed by atoms with Gasteiger partial charge in [-0.1, -0.05) is 35.9 Å². The number of nitrogens with zero attached hydrogens (tertiary/aromatic N) is 3. The molecule has 1 N–H and O–H groups in total. The van der Waals surface area contributed by atoms with Crippen molar-refractivity contribution in [2.75, 3.05) is 14.1 Å². The zero-order chi connectivity index (χ0) is 15.9. The number of nitrogens with one attached hydrogen (secondary N) is 1. The van der Waals surface area contributed by atoms with Gasteiger partial charge in [0, 0.05) is 26.8 Å². The van der Waals surface area contributed by atoms with Crippen molar-refractivity contribution in [1.82, 2.24) is 15.2 Å². The van der Waals surface area contributed by atoms with Crippen LogP contribution in [-0.2, 0) is 13.1 Å². The Bertz CT molecular complexity index is 638. The van der Waals surface area contributed by atoms with Gasteiger partial charge < -0.3 is 10.2 Å². The molecule has 0 fully saturated rings. The number of pyridine rings is 1. The summed E-state index contributed by atoms with van der Waals surface area (Å²) in [5.74, 6) is 0.866. The first-order valence-corrected chi connectivity index (χ1v) is 7.48. The van der Waals surface area contributed by atoms with E-state index in [2.05, 4.69) is 64.4 Å². The molecule has 0 aliphatic carbocycles. The summed E-state index contributed by atoms with van der Waals surface area (Å²) < 4.78 is 0. The normalized spacial score (nSPS) is 10.9. The first-order chi connectivity index (χ1) is 10.6. The van der Waals surface area contributed by atoms with E-state index < -0.39 is 0 Å². The number of benzene rings is 1. The molecule has 124 valence electrons. The van der Waals surface area contributed by atoms with E-state index in [1.54, 1.807) is 7.05 Å². The molecule has 1 heterocycles. The Labute approximate surface area is 156 Å². The summed E-state index contributed by atoms with van der Waals surface area (Å²) in [7, 11) is 3.85. The van der Waals surface area contributed by atoms with E-state index in [9.17, 15) is 0 Å². The van der Waals surface area contributed by atoms with Crippen molar-refractivity contribution in [3.8, 4) is 0 Å². The smallest absolute Gasteiger partial charge is 0.194 e. The molecule has 1 aromatic heterocycles. The van der Waals surface area contributed by atoms with Gasteiger partial charge in [-0.2, -0.15) is 0 Å². The molecule has 2 aromatic rings. The molecule has 0 aliphatic heterocycles. The molecule has 0 atom stereocenters. The fraction of sp³-hybridized carbons (Fsp3) is 0.333. The van der Waals surface area contributed by atoms with Gasteiger partial charge in [0.2, 0.25) is 0 Å². The Balaban J connectivity index is 0.00000264. The van der Waals surface area contributed by atoms with Crippen molar-refractivity contribution in [2.24, 2.45) is 4.99 Å². The summed E-state index contributed by atoms with van der Waals surface area (Å²) in [6.07, 6.45) is 1.82. The number of aliphatic imine (C=N–C) groups is 1. The van der Waals surface area contributed by atoms with Gasteiger partial charge in [-0.15, -0.1) is 24.0 Å². The van der Waals surface area contributed by atoms with E-state index in [1.807, 2.05) is 19.3 Å². The monoisotopic (exact) mass is 424 g/mol. The molecule has 0 bridgehead atoms. The van der Waals surface area contributed by atoms with E-state index in [1.165, 1.54) is 16.7 Å². The zero-order valence-corrected chi connectivity index (χ0v) is 16.5. The van der Waals surface area contributed by atoms with Gasteiger partial charge in [-0.25, -0.2) is 0 Å². The number of aryl methyl sites for hydroxylation is 2. The van der Waals surface area contributed by atoms with Crippen molar-refractivity contribution in [1.29, 1.82) is 0 Å². The standard InChI is InChI=1S/C18H24N4.HI/c1-14-7-9-16(10-8-14)13-22(4)18(19-3)21-12-17-15(2)6-5-11-20-17;/h5-11H,12-13H2,1-4H3,(H,19,21);1H. The van der Waals surface area contributed by atoms with E-state index in [0.717, 1.165) is 18.2 Å². The van der Waals surface area contributed by atoms with E-state index in [0.29, 0.717) is 6.54 Å². The molecule has 0 radical (unpaired) electrons. The minimum Gasteiger partial charge on any atom is -0.351 e. The topological polar surface area (TPSA) is 40.5 Å². The van der Waals surface area contributed by atoms with Crippen LogP contribution in [0.1, 0.15) is 22.4 Å². The Kier molecular flexibility index (Phi) is 8.02. The number of aromatic nitrogens is 1. The van der Waals surface area contributed by atoms with Crippen LogP contribution in [0.2, 0.25) is 0 Å². The van der Waals surface area contributed by atoms with Gasteiger partial charge in [0.1, 0.15) is 0 Å². The lowest BCUT2D eigenvalue weighted by molar-refractivity contribution is 0.476. The summed E-state index contributed by atoms with van der Waals surface area (Å²) >= 11 is 0. The van der Waals surface area contributed by atoms with Crippen LogP contribution in [0.15, 0.2) is 47.6 Å². The lowest BCUT2D eigenvalue weighted by Crippen LogP contribution is -2.38. The van der Waals surface area contributed by atoms with Gasteiger partial charge >= 0.3 is 0 Å². The van der Waals surface area contributed by atoms with Crippen LogP contribution in [0.5, 0.6) is 0 Å². The summed E-state index contributed by atoms with van der Waals surface area (Å²) in [5.41, 5.74) is 4.78. The first-order valence-electron chi connectivity index (χ1n) is 7.48. The molecule has 0 aliphatic rings. The highest BCUT2D eigenvalue weighted by molar-refractivity contribution is 14.0. The third kappa shape index (κ3) is 5.82. The van der Waals surface area contributed by atoms with Crippen molar-refractivity contribution in [2.45, 2.75) is 26.9 Å². The van der Waals surface area contributed by atoms with Crippen LogP contribution in [0, 0.1) is 13.8 Å². The third-order valence-electron chi connectivity index (χ3n) is 3.65. The Morgan fingerprint density at radius 3 is 2.48 bits per heavy atom. The Morgan fingerprint density at radius 1 is 1.17 bits per heavy atom. The second-order valence-electron chi connectivity index (χ2n) is 5.51. The largest absolute Gasteiger partial charge is 0.351 e. The Morgan fingerprint density at radius 2 is 1.87 bits per heavy atom. The average Bonchev–Trinajstić information content (AvgIpc) is 2.52. The lowest BCUT2D eigenvalue weighted by Gasteiger charge is -2.22. The highest BCUT2D eigenvalue weighted by Crippen LogP contribution is 2.07. The van der Waals surface area contributed by atoms with Gasteiger partial charge in [0.05, 0.1) is 12.2 Å². The number of guanidine groups is 1. The lowest BCUT2D eigenvalue weighted by atomic mass is 10.1. The quantitative estimate of drug-likeness (QED) is 0.464. The summed E-state index contributed by atoms with van der Waals surface area (Å²) in [5, 5.41) is 3.37. The molecular weight excluding hydrogens is 399 g/mol. The molecule has 0 spiro atoms. The summed E-state index contributed by atoms with van der Waals surface area (Å²) in [6, 6.07) is 12.6. The van der Waals surface area contributed by atoms with Crippen LogP contribution < -0.4 is 5.32 Å². The van der Waals surface area contributed by atoms with Crippen LogP contribution in [-0.4, -0.2) is 29.9 Å². The molecule has 1 aromatic carbocycles. The average molecular weight is 424 g/mol.